The molecule has 0 radical (unpaired) electrons. The second kappa shape index (κ2) is 38.0. The zero-order chi connectivity index (χ0) is 74.9. The molecule has 35 nitrogen and oxygen atoms in total. The summed E-state index contributed by atoms with van der Waals surface area (Å²) in [5.41, 5.74) is 3.72. The molecule has 0 aliphatic carbocycles. The van der Waals surface area contributed by atoms with Gasteiger partial charge < -0.3 is 39.1 Å². The molecule has 6 aromatic carbocycles. The molecule has 0 heterocycles. The molecule has 0 aromatic heterocycles. The Bertz CT molecular complexity index is 4440. The molecular formula is C61H76N10O25S6. The number of urea groups is 1. The van der Waals surface area contributed by atoms with E-state index in [1.165, 1.54) is 36.4 Å². The van der Waals surface area contributed by atoms with E-state index in [9.17, 15) is 73.5 Å². The van der Waals surface area contributed by atoms with Gasteiger partial charge in [0.25, 0.3) is 60.7 Å². The molecule has 0 spiro atoms. The highest BCUT2D eigenvalue weighted by atomic mass is 32.2. The fourth-order valence-electron chi connectivity index (χ4n) is 8.71. The van der Waals surface area contributed by atoms with Crippen LogP contribution in [-0.4, -0.2) is 158 Å². The van der Waals surface area contributed by atoms with Crippen LogP contribution in [0.2, 0.25) is 0 Å². The van der Waals surface area contributed by atoms with Crippen LogP contribution in [0.15, 0.2) is 138 Å². The Kier molecular flexibility index (Phi) is 30.6. The van der Waals surface area contributed by atoms with Crippen molar-refractivity contribution in [3.05, 3.63) is 119 Å². The molecule has 0 saturated heterocycles. The Morgan fingerprint density at radius 2 is 0.549 bits per heavy atom. The fraction of sp³-hybridized carbons (Fsp3) is 0.393. The van der Waals surface area contributed by atoms with Crippen LogP contribution in [0.1, 0.15) is 73.6 Å². The summed E-state index contributed by atoms with van der Waals surface area (Å²) in [6, 6.07) is 23.7. The lowest BCUT2D eigenvalue weighted by Crippen LogP contribution is -2.21. The van der Waals surface area contributed by atoms with E-state index >= 15 is 0 Å². The van der Waals surface area contributed by atoms with Gasteiger partial charge in [-0.05, 0) is 174 Å². The van der Waals surface area contributed by atoms with Gasteiger partial charge in [0.1, 0.15) is 45.9 Å². The van der Waals surface area contributed by atoms with E-state index in [2.05, 4.69) is 51.5 Å². The minimum atomic E-state index is -4.43. The number of unbranched alkanes of at least 4 members (excludes halogenated alkanes) is 2. The lowest BCUT2D eigenvalue weighted by molar-refractivity contribution is 0.261. The van der Waals surface area contributed by atoms with Gasteiger partial charge in [-0.3, -0.25) is 27.3 Å². The minimum absolute atomic E-state index is 0.00322. The second-order valence-corrected chi connectivity index (χ2v) is 31.9. The quantitative estimate of drug-likeness (QED) is 0.0100. The number of hydrogen-bond donors (Lipinski definition) is 8. The summed E-state index contributed by atoms with van der Waals surface area (Å²) in [6.07, 6.45) is 0.447. The van der Waals surface area contributed by atoms with Gasteiger partial charge in [-0.15, -0.1) is 10.2 Å². The monoisotopic (exact) mass is 1540 g/mol. The Balaban J connectivity index is 1.27. The number of hydrogen-bond acceptors (Lipinski definition) is 27. The number of aryl methyl sites for hydroxylation is 4. The highest BCUT2D eigenvalue weighted by Crippen LogP contribution is 2.42. The highest BCUT2D eigenvalue weighted by molar-refractivity contribution is 7.86. The van der Waals surface area contributed by atoms with Gasteiger partial charge >= 0.3 is 6.03 Å². The Morgan fingerprint density at radius 1 is 0.304 bits per heavy atom. The smallest absolute Gasteiger partial charge is 0.323 e. The van der Waals surface area contributed by atoms with Gasteiger partial charge in [0.05, 0.1) is 120 Å². The van der Waals surface area contributed by atoms with Crippen LogP contribution in [0.4, 0.5) is 61.7 Å². The summed E-state index contributed by atoms with van der Waals surface area (Å²) in [5.74, 6) is -2.50. The number of carbonyl (C=O) groups excluding carboxylic acids is 1. The first kappa shape index (κ1) is 82.2. The number of anilines is 2. The minimum Gasteiger partial charge on any atom is -0.494 e. The number of carbonyl (C=O) groups is 1. The molecule has 8 N–H and O–H groups in total. The first-order chi connectivity index (χ1) is 47.8. The lowest BCUT2D eigenvalue weighted by Gasteiger charge is -2.17. The molecule has 0 bridgehead atoms. The molecule has 6 rings (SSSR count). The molecule has 0 fully saturated rings. The van der Waals surface area contributed by atoms with Gasteiger partial charge in [-0.25, -0.2) is 4.79 Å². The van der Waals surface area contributed by atoms with Crippen molar-refractivity contribution in [2.75, 3.05) is 84.8 Å². The van der Waals surface area contributed by atoms with E-state index in [-0.39, 0.29) is 135 Å². The number of nitrogens with one attached hydrogen (secondary N) is 2. The molecule has 2 amide bonds. The highest BCUT2D eigenvalue weighted by Gasteiger charge is 2.20. The van der Waals surface area contributed by atoms with Crippen molar-refractivity contribution in [2.45, 2.75) is 79.1 Å². The van der Waals surface area contributed by atoms with Crippen molar-refractivity contribution in [3.8, 4) is 34.5 Å². The first-order valence-corrected chi connectivity index (χ1v) is 40.5. The van der Waals surface area contributed by atoms with Crippen LogP contribution >= 0.6 is 0 Å². The molecule has 556 valence electrons. The summed E-state index contributed by atoms with van der Waals surface area (Å²) < 4.78 is 227. The summed E-state index contributed by atoms with van der Waals surface area (Å²) in [4.78, 5) is 14.1. The first-order valence-electron chi connectivity index (χ1n) is 30.8. The van der Waals surface area contributed by atoms with Gasteiger partial charge in [0.15, 0.2) is 0 Å². The van der Waals surface area contributed by atoms with Crippen LogP contribution in [0.3, 0.4) is 0 Å². The van der Waals surface area contributed by atoms with Crippen molar-refractivity contribution in [3.63, 3.8) is 0 Å². The van der Waals surface area contributed by atoms with E-state index in [1.807, 2.05) is 0 Å². The van der Waals surface area contributed by atoms with Crippen molar-refractivity contribution in [1.29, 1.82) is 0 Å². The topological polar surface area (TPSA) is 522 Å². The molecular weight excluding hydrogens is 1470 g/mol. The summed E-state index contributed by atoms with van der Waals surface area (Å²) in [6.45, 7) is 5.90. The van der Waals surface area contributed by atoms with E-state index in [0.717, 1.165) is 0 Å². The summed E-state index contributed by atoms with van der Waals surface area (Å²) in [5, 5.41) is 40.4. The van der Waals surface area contributed by atoms with E-state index in [4.69, 9.17) is 37.5 Å². The third-order valence-electron chi connectivity index (χ3n) is 13.7. The molecule has 41 heteroatoms. The Hall–Kier alpha value is -8.75. The van der Waals surface area contributed by atoms with E-state index < -0.39 is 101 Å². The zero-order valence-electron chi connectivity index (χ0n) is 55.3. The summed E-state index contributed by atoms with van der Waals surface area (Å²) in [7, 11) is -25.7. The maximum Gasteiger partial charge on any atom is 0.323 e. The van der Waals surface area contributed by atoms with Gasteiger partial charge in [0.2, 0.25) is 0 Å². The normalized spacial score (nSPS) is 12.6. The maximum atomic E-state index is 14.1. The van der Waals surface area contributed by atoms with Crippen LogP contribution < -0.4 is 39.1 Å². The third-order valence-corrected chi connectivity index (χ3v) is 18.6. The van der Waals surface area contributed by atoms with Crippen molar-refractivity contribution < 1.29 is 111 Å². The molecule has 0 aliphatic rings. The lowest BCUT2D eigenvalue weighted by atomic mass is 10.1. The molecule has 0 saturated carbocycles. The predicted octanol–water partition coefficient (Wildman–Crippen LogP) is 12.9. The third kappa shape index (κ3) is 31.6. The molecule has 0 aliphatic heterocycles. The molecule has 0 atom stereocenters. The number of ether oxygens (including phenoxy) is 6. The van der Waals surface area contributed by atoms with Crippen molar-refractivity contribution >= 4 is 124 Å². The van der Waals surface area contributed by atoms with Crippen LogP contribution in [0.5, 0.6) is 34.5 Å². The van der Waals surface area contributed by atoms with Gasteiger partial charge in [-0.1, -0.05) is 0 Å². The van der Waals surface area contributed by atoms with Crippen molar-refractivity contribution in [1.82, 2.24) is 0 Å². The van der Waals surface area contributed by atoms with Crippen LogP contribution in [0, 0.1) is 27.7 Å². The standard InChI is InChI=1S/C61H76N10O25S6/c1-41-33-53(57(93-23-9-29-99(79,80)81)37-51(41)68-70-55-35-43(3)49(39-59(55)95-25-11-31-101(85,86)87)66-64-45-13-17-47(18-14-45)91-21-5-7-27-97(73,74)75)62-61(72)63-54-34-42(2)52(38-58(54)94-24-10-30-100(82,83)84)69-71-56-36-44(4)50(40-60(56)96-26-12-32-102(88,89)90)67-65-46-15-19-48(20-16-46)92-22-6-8-28-98(76,77)78/h13-20,33-40H,5-12,21-32H2,1-4H3,(H2,62,63,72)(H,73,74,75)(H,76,77,78)(H,79,80,81)(H,82,83,84)(H,85,86,87)(H,88,89,90). The van der Waals surface area contributed by atoms with Gasteiger partial charge in [0, 0.05) is 24.3 Å². The summed E-state index contributed by atoms with van der Waals surface area (Å²) >= 11 is 0. The number of nitrogens with zero attached hydrogens (tertiary/aromatic N) is 8. The Morgan fingerprint density at radius 3 is 0.853 bits per heavy atom. The zero-order valence-corrected chi connectivity index (χ0v) is 60.2. The van der Waals surface area contributed by atoms with E-state index in [1.54, 1.807) is 88.4 Å². The van der Waals surface area contributed by atoms with Crippen LogP contribution in [-0.2, 0) is 60.7 Å². The average molecular weight is 1540 g/mol. The number of azo groups is 4. The number of benzene rings is 6. The maximum absolute atomic E-state index is 14.1. The SMILES string of the molecule is Cc1cc(N=Nc2cc(OCCCS(=O)(=O)O)c(NC(=O)Nc3cc(C)c(N=Nc4cc(C)c(N=Nc5ccc(OCCCCS(=O)(=O)O)cc5)cc4OCCCS(=O)(=O)O)cc3OCCCS(=O)(=O)O)cc2C)c(OCCCS(=O)(=O)O)cc1N=Nc1ccc(OCCCCS(=O)(=O)O)cc1. The Labute approximate surface area is 589 Å². The van der Waals surface area contributed by atoms with Gasteiger partial charge in [-0.2, -0.15) is 81.2 Å². The number of amides is 2. The van der Waals surface area contributed by atoms with Crippen LogP contribution in [0.25, 0.3) is 0 Å². The molecule has 6 aromatic rings. The van der Waals surface area contributed by atoms with E-state index in [0.29, 0.717) is 69.3 Å². The van der Waals surface area contributed by atoms with Crippen molar-refractivity contribution in [2.24, 2.45) is 40.9 Å². The average Bonchev–Trinajstić information content (AvgIpc) is 0.825. The molecule has 0 unspecified atom stereocenters. The molecule has 102 heavy (non-hydrogen) atoms. The largest absolute Gasteiger partial charge is 0.494 e. The predicted molar refractivity (Wildman–Crippen MR) is 375 cm³/mol. The number of rotatable bonds is 42. The second-order valence-electron chi connectivity index (χ2n) is 22.5. The fourth-order valence-corrected chi connectivity index (χ4v) is 11.8.